The lowest BCUT2D eigenvalue weighted by Crippen LogP contribution is -2.38. The van der Waals surface area contributed by atoms with E-state index in [0.29, 0.717) is 12.3 Å². The first-order chi connectivity index (χ1) is 12.5. The van der Waals surface area contributed by atoms with E-state index in [1.54, 1.807) is 0 Å². The van der Waals surface area contributed by atoms with Crippen LogP contribution in [0.1, 0.15) is 36.8 Å². The number of aromatic amines is 1. The molecule has 1 aromatic carbocycles. The Kier molecular flexibility index (Phi) is 8.00. The summed E-state index contributed by atoms with van der Waals surface area (Å²) in [7, 11) is 0. The van der Waals surface area contributed by atoms with E-state index in [4.69, 9.17) is 11.6 Å². The van der Waals surface area contributed by atoms with Gasteiger partial charge in [-0.05, 0) is 38.6 Å². The summed E-state index contributed by atoms with van der Waals surface area (Å²) in [5.74, 6) is 0.383. The highest BCUT2D eigenvalue weighted by Gasteiger charge is 2.21. The molecule has 142 valence electrons. The number of halogens is 1. The largest absolute Gasteiger partial charge is 0.353 e. The van der Waals surface area contributed by atoms with Crippen molar-refractivity contribution in [2.75, 3.05) is 25.4 Å². The van der Waals surface area contributed by atoms with Crippen molar-refractivity contribution < 1.29 is 4.79 Å². The van der Waals surface area contributed by atoms with Crippen LogP contribution >= 0.6 is 23.4 Å². The normalized spacial score (nSPS) is 12.4. The third-order valence-electron chi connectivity index (χ3n) is 4.42. The van der Waals surface area contributed by atoms with Gasteiger partial charge in [-0.15, -0.1) is 11.8 Å². The zero-order chi connectivity index (χ0) is 19.1. The van der Waals surface area contributed by atoms with Gasteiger partial charge in [0.15, 0.2) is 0 Å². The molecule has 0 saturated carbocycles. The predicted octanol–water partition coefficient (Wildman–Crippen LogP) is 3.97. The molecule has 1 aromatic heterocycles. The van der Waals surface area contributed by atoms with Crippen molar-refractivity contribution in [1.29, 1.82) is 0 Å². The lowest BCUT2D eigenvalue weighted by molar-refractivity contribution is -0.118. The maximum absolute atomic E-state index is 12.4. The van der Waals surface area contributed by atoms with Crippen LogP contribution in [-0.2, 0) is 4.79 Å². The summed E-state index contributed by atoms with van der Waals surface area (Å²) in [6.07, 6.45) is 0. The maximum atomic E-state index is 12.4. The van der Waals surface area contributed by atoms with E-state index in [-0.39, 0.29) is 11.9 Å². The number of carbonyl (C=O) groups excluding carboxylic acids is 1. The molecule has 2 rings (SSSR count). The van der Waals surface area contributed by atoms with Crippen molar-refractivity contribution in [1.82, 2.24) is 20.4 Å². The van der Waals surface area contributed by atoms with Crippen molar-refractivity contribution in [2.24, 2.45) is 0 Å². The standard InChI is InChI=1S/C19H27ClN4OS/c1-5-24(6-2)17(15-9-7-8-10-16(15)20)11-21-18(25)12-26-19-13(3)22-23-14(19)4/h7-10,17H,5-6,11-12H2,1-4H3,(H,21,25)(H,22,23)/t17-/m0/s1. The van der Waals surface area contributed by atoms with E-state index < -0.39 is 0 Å². The molecule has 5 nitrogen and oxygen atoms in total. The average Bonchev–Trinajstić information content (AvgIpc) is 2.95. The molecule has 7 heteroatoms. The number of carbonyl (C=O) groups is 1. The van der Waals surface area contributed by atoms with Gasteiger partial charge in [0.05, 0.1) is 22.4 Å². The highest BCUT2D eigenvalue weighted by molar-refractivity contribution is 8.00. The fraction of sp³-hybridized carbons (Fsp3) is 0.474. The third-order valence-corrected chi connectivity index (χ3v) is 6.06. The Balaban J connectivity index is 2.00. The highest BCUT2D eigenvalue weighted by Crippen LogP contribution is 2.27. The second kappa shape index (κ2) is 10.00. The molecule has 0 aliphatic rings. The summed E-state index contributed by atoms with van der Waals surface area (Å²) in [5, 5.41) is 10.9. The fourth-order valence-corrected chi connectivity index (χ4v) is 4.15. The molecule has 0 saturated heterocycles. The van der Waals surface area contributed by atoms with E-state index in [2.05, 4.69) is 34.3 Å². The van der Waals surface area contributed by atoms with Crippen LogP contribution in [0.25, 0.3) is 0 Å². The number of likely N-dealkylation sites (N-methyl/N-ethyl adjacent to an activating group) is 1. The SMILES string of the molecule is CCN(CC)[C@@H](CNC(=O)CSc1c(C)n[nH]c1C)c1ccccc1Cl. The van der Waals surface area contributed by atoms with Crippen molar-refractivity contribution >= 4 is 29.3 Å². The van der Waals surface area contributed by atoms with Gasteiger partial charge in [-0.3, -0.25) is 14.8 Å². The molecule has 2 aromatic rings. The van der Waals surface area contributed by atoms with Crippen LogP contribution in [0, 0.1) is 13.8 Å². The van der Waals surface area contributed by atoms with E-state index in [0.717, 1.165) is 40.0 Å². The molecule has 1 amide bonds. The van der Waals surface area contributed by atoms with Crippen LogP contribution in [0.5, 0.6) is 0 Å². The quantitative estimate of drug-likeness (QED) is 0.631. The third kappa shape index (κ3) is 5.25. The molecular formula is C19H27ClN4OS. The topological polar surface area (TPSA) is 61.0 Å². The fourth-order valence-electron chi connectivity index (χ4n) is 3.00. The number of H-pyrrole nitrogens is 1. The molecule has 0 bridgehead atoms. The van der Waals surface area contributed by atoms with E-state index >= 15 is 0 Å². The number of nitrogens with one attached hydrogen (secondary N) is 2. The van der Waals surface area contributed by atoms with Crippen LogP contribution in [0.15, 0.2) is 29.2 Å². The van der Waals surface area contributed by atoms with Crippen molar-refractivity contribution in [2.45, 2.75) is 38.6 Å². The molecule has 0 spiro atoms. The highest BCUT2D eigenvalue weighted by atomic mass is 35.5. The number of benzene rings is 1. The predicted molar refractivity (Wildman–Crippen MR) is 109 cm³/mol. The number of thioether (sulfide) groups is 1. The van der Waals surface area contributed by atoms with Gasteiger partial charge in [-0.2, -0.15) is 5.10 Å². The number of aromatic nitrogens is 2. The second-order valence-electron chi connectivity index (χ2n) is 6.11. The number of hydrogen-bond donors (Lipinski definition) is 2. The molecule has 26 heavy (non-hydrogen) atoms. The van der Waals surface area contributed by atoms with Gasteiger partial charge in [0.25, 0.3) is 0 Å². The minimum atomic E-state index is 0.0132. The Morgan fingerprint density at radius 2 is 2.00 bits per heavy atom. The molecule has 2 N–H and O–H groups in total. The summed E-state index contributed by atoms with van der Waals surface area (Å²) >= 11 is 7.92. The van der Waals surface area contributed by atoms with E-state index in [9.17, 15) is 4.79 Å². The monoisotopic (exact) mass is 394 g/mol. The van der Waals surface area contributed by atoms with Gasteiger partial charge < -0.3 is 5.32 Å². The van der Waals surface area contributed by atoms with Crippen LogP contribution in [0.3, 0.4) is 0 Å². The number of amides is 1. The molecule has 1 heterocycles. The zero-order valence-electron chi connectivity index (χ0n) is 15.8. The van der Waals surface area contributed by atoms with Gasteiger partial charge in [0, 0.05) is 17.3 Å². The first-order valence-corrected chi connectivity index (χ1v) is 10.2. The maximum Gasteiger partial charge on any atom is 0.230 e. The lowest BCUT2D eigenvalue weighted by Gasteiger charge is -2.30. The van der Waals surface area contributed by atoms with Crippen molar-refractivity contribution in [3.63, 3.8) is 0 Å². The van der Waals surface area contributed by atoms with Gasteiger partial charge in [-0.1, -0.05) is 43.6 Å². The Hall–Kier alpha value is -1.50. The number of hydrogen-bond acceptors (Lipinski definition) is 4. The zero-order valence-corrected chi connectivity index (χ0v) is 17.4. The molecule has 0 aliphatic heterocycles. The lowest BCUT2D eigenvalue weighted by atomic mass is 10.0. The van der Waals surface area contributed by atoms with Gasteiger partial charge in [-0.25, -0.2) is 0 Å². The Labute approximate surface area is 164 Å². The Bertz CT molecular complexity index is 711. The first-order valence-electron chi connectivity index (χ1n) is 8.87. The number of aryl methyl sites for hydroxylation is 2. The van der Waals surface area contributed by atoms with Crippen LogP contribution in [0.2, 0.25) is 5.02 Å². The van der Waals surface area contributed by atoms with Gasteiger partial charge in [0.2, 0.25) is 5.91 Å². The van der Waals surface area contributed by atoms with Crippen molar-refractivity contribution in [3.8, 4) is 0 Å². The molecule has 0 unspecified atom stereocenters. The average molecular weight is 395 g/mol. The number of nitrogens with zero attached hydrogens (tertiary/aromatic N) is 2. The van der Waals surface area contributed by atoms with Crippen LogP contribution in [0.4, 0.5) is 0 Å². The van der Waals surface area contributed by atoms with Crippen LogP contribution < -0.4 is 5.32 Å². The first kappa shape index (κ1) is 20.8. The van der Waals surface area contributed by atoms with Gasteiger partial charge >= 0.3 is 0 Å². The molecule has 0 radical (unpaired) electrons. The minimum Gasteiger partial charge on any atom is -0.353 e. The number of rotatable bonds is 9. The van der Waals surface area contributed by atoms with Crippen LogP contribution in [-0.4, -0.2) is 46.4 Å². The summed E-state index contributed by atoms with van der Waals surface area (Å²) < 4.78 is 0. The smallest absolute Gasteiger partial charge is 0.230 e. The molecule has 0 fully saturated rings. The Morgan fingerprint density at radius 3 is 2.58 bits per heavy atom. The van der Waals surface area contributed by atoms with Crippen molar-refractivity contribution in [3.05, 3.63) is 46.2 Å². The molecule has 1 atom stereocenters. The van der Waals surface area contributed by atoms with E-state index in [1.807, 2.05) is 38.1 Å². The Morgan fingerprint density at radius 1 is 1.31 bits per heavy atom. The van der Waals surface area contributed by atoms with Gasteiger partial charge in [0.1, 0.15) is 0 Å². The molecular weight excluding hydrogens is 368 g/mol. The van der Waals surface area contributed by atoms with E-state index in [1.165, 1.54) is 11.8 Å². The minimum absolute atomic E-state index is 0.0132. The summed E-state index contributed by atoms with van der Waals surface area (Å²) in [5.41, 5.74) is 2.97. The second-order valence-corrected chi connectivity index (χ2v) is 7.51. The molecule has 0 aliphatic carbocycles. The summed E-state index contributed by atoms with van der Waals surface area (Å²) in [6.45, 7) is 10.5. The summed E-state index contributed by atoms with van der Waals surface area (Å²) in [6, 6.07) is 7.90. The summed E-state index contributed by atoms with van der Waals surface area (Å²) in [4.78, 5) is 15.7.